The molecule has 59 heavy (non-hydrogen) atoms. The molecule has 0 bridgehead atoms. The fourth-order valence-electron chi connectivity index (χ4n) is 8.16. The summed E-state index contributed by atoms with van der Waals surface area (Å²) in [6.07, 6.45) is 0. The van der Waals surface area contributed by atoms with Gasteiger partial charge in [0.1, 0.15) is 0 Å². The van der Waals surface area contributed by atoms with Gasteiger partial charge in [-0.3, -0.25) is 0 Å². The summed E-state index contributed by atoms with van der Waals surface area (Å²) in [7, 11) is 0. The SMILES string of the molecule is c1ccc(-c2ccccc2-c2nc(-c3ccc(-c4ccc5cc(-c6ccc7c(c6)sc6ccccc67)ccc5c4)cc3)nc(-c3ccccc3-c3ccccc3)n2)cc1. The molecule has 4 heteroatoms. The third-order valence-electron chi connectivity index (χ3n) is 11.2. The van der Waals surface area contributed by atoms with Crippen LogP contribution in [0.4, 0.5) is 0 Å². The number of hydrogen-bond acceptors (Lipinski definition) is 4. The Kier molecular flexibility index (Phi) is 8.68. The molecule has 0 fully saturated rings. The molecule has 3 nitrogen and oxygen atoms in total. The maximum atomic E-state index is 5.19. The second-order valence-electron chi connectivity index (χ2n) is 14.8. The molecule has 0 aliphatic rings. The Morgan fingerprint density at radius 1 is 0.254 bits per heavy atom. The molecule has 0 amide bonds. The zero-order valence-electron chi connectivity index (χ0n) is 32.0. The van der Waals surface area contributed by atoms with Crippen molar-refractivity contribution in [3.8, 4) is 78.7 Å². The van der Waals surface area contributed by atoms with Gasteiger partial charge in [-0.05, 0) is 79.5 Å². The summed E-state index contributed by atoms with van der Waals surface area (Å²) in [5.74, 6) is 1.89. The lowest BCUT2D eigenvalue weighted by atomic mass is 9.96. The quantitative estimate of drug-likeness (QED) is 0.162. The first kappa shape index (κ1) is 34.7. The molecule has 0 saturated heterocycles. The highest BCUT2D eigenvalue weighted by molar-refractivity contribution is 7.25. The number of thiophene rings is 1. The van der Waals surface area contributed by atoms with Crippen molar-refractivity contribution < 1.29 is 0 Å². The number of hydrogen-bond donors (Lipinski definition) is 0. The fourth-order valence-corrected chi connectivity index (χ4v) is 9.31. The van der Waals surface area contributed by atoms with E-state index in [9.17, 15) is 0 Å². The number of aromatic nitrogens is 3. The molecule has 0 saturated carbocycles. The highest BCUT2D eigenvalue weighted by Crippen LogP contribution is 2.38. The molecule has 0 spiro atoms. The van der Waals surface area contributed by atoms with Crippen LogP contribution in [0.3, 0.4) is 0 Å². The smallest absolute Gasteiger partial charge is 0.164 e. The van der Waals surface area contributed by atoms with E-state index in [0.29, 0.717) is 17.5 Å². The van der Waals surface area contributed by atoms with Gasteiger partial charge in [0.05, 0.1) is 0 Å². The van der Waals surface area contributed by atoms with Crippen LogP contribution in [0.2, 0.25) is 0 Å². The predicted molar refractivity (Wildman–Crippen MR) is 248 cm³/mol. The molecule has 0 aliphatic carbocycles. The second kappa shape index (κ2) is 14.8. The lowest BCUT2D eigenvalue weighted by Crippen LogP contribution is -2.02. The van der Waals surface area contributed by atoms with Gasteiger partial charge in [0.2, 0.25) is 0 Å². The van der Waals surface area contributed by atoms with Crippen LogP contribution in [0, 0.1) is 0 Å². The fraction of sp³-hybridized carbons (Fsp3) is 0. The Morgan fingerprint density at radius 3 is 1.29 bits per heavy atom. The monoisotopic (exact) mass is 769 g/mol. The second-order valence-corrected chi connectivity index (χ2v) is 15.9. The summed E-state index contributed by atoms with van der Waals surface area (Å²) in [6, 6.07) is 75.2. The highest BCUT2D eigenvalue weighted by atomic mass is 32.1. The Labute approximate surface area is 346 Å². The molecule has 0 unspecified atom stereocenters. The molecule has 0 radical (unpaired) electrons. The van der Waals surface area contributed by atoms with E-state index in [2.05, 4.69) is 188 Å². The maximum absolute atomic E-state index is 5.19. The van der Waals surface area contributed by atoms with E-state index in [1.807, 2.05) is 35.6 Å². The molecule has 2 aromatic heterocycles. The van der Waals surface area contributed by atoms with Gasteiger partial charge in [-0.1, -0.05) is 188 Å². The molecule has 276 valence electrons. The summed E-state index contributed by atoms with van der Waals surface area (Å²) in [5.41, 5.74) is 12.0. The van der Waals surface area contributed by atoms with Gasteiger partial charge in [0.25, 0.3) is 0 Å². The minimum atomic E-state index is 0.627. The Hall–Kier alpha value is -7.53. The van der Waals surface area contributed by atoms with Crippen LogP contribution in [0.5, 0.6) is 0 Å². The maximum Gasteiger partial charge on any atom is 0.164 e. The lowest BCUT2D eigenvalue weighted by molar-refractivity contribution is 1.07. The van der Waals surface area contributed by atoms with Gasteiger partial charge >= 0.3 is 0 Å². The largest absolute Gasteiger partial charge is 0.208 e. The molecule has 0 N–H and O–H groups in total. The van der Waals surface area contributed by atoms with Crippen molar-refractivity contribution in [2.24, 2.45) is 0 Å². The number of fused-ring (bicyclic) bond motifs is 4. The average Bonchev–Trinajstić information content (AvgIpc) is 3.70. The number of benzene rings is 9. The van der Waals surface area contributed by atoms with Crippen molar-refractivity contribution in [3.05, 3.63) is 212 Å². The zero-order chi connectivity index (χ0) is 39.1. The van der Waals surface area contributed by atoms with Crippen molar-refractivity contribution in [2.45, 2.75) is 0 Å². The third-order valence-corrected chi connectivity index (χ3v) is 12.3. The van der Waals surface area contributed by atoms with E-state index in [1.165, 1.54) is 42.1 Å². The topological polar surface area (TPSA) is 38.7 Å². The lowest BCUT2D eigenvalue weighted by Gasteiger charge is -2.14. The van der Waals surface area contributed by atoms with Gasteiger partial charge < -0.3 is 0 Å². The van der Waals surface area contributed by atoms with Crippen molar-refractivity contribution in [1.29, 1.82) is 0 Å². The number of nitrogens with zero attached hydrogens (tertiary/aromatic N) is 3. The van der Waals surface area contributed by atoms with Crippen LogP contribution >= 0.6 is 11.3 Å². The van der Waals surface area contributed by atoms with Crippen molar-refractivity contribution >= 4 is 42.3 Å². The molecule has 11 aromatic rings. The van der Waals surface area contributed by atoms with Crippen LogP contribution < -0.4 is 0 Å². The van der Waals surface area contributed by atoms with Gasteiger partial charge in [-0.15, -0.1) is 11.3 Å². The number of rotatable bonds is 7. The first-order chi connectivity index (χ1) is 29.2. The van der Waals surface area contributed by atoms with Crippen molar-refractivity contribution in [2.75, 3.05) is 0 Å². The predicted octanol–water partition coefficient (Wildman–Crippen LogP) is 15.1. The van der Waals surface area contributed by atoms with Crippen LogP contribution in [0.1, 0.15) is 0 Å². The summed E-state index contributed by atoms with van der Waals surface area (Å²) in [5, 5.41) is 5.08. The Morgan fingerprint density at radius 2 is 0.678 bits per heavy atom. The molecular formula is C55H35N3S. The summed E-state index contributed by atoms with van der Waals surface area (Å²) in [6.45, 7) is 0. The molecule has 11 rings (SSSR count). The van der Waals surface area contributed by atoms with Gasteiger partial charge in [-0.25, -0.2) is 15.0 Å². The Balaban J connectivity index is 0.957. The van der Waals surface area contributed by atoms with E-state index in [1.54, 1.807) is 0 Å². The van der Waals surface area contributed by atoms with Crippen LogP contribution in [0.15, 0.2) is 212 Å². The highest BCUT2D eigenvalue weighted by Gasteiger charge is 2.18. The van der Waals surface area contributed by atoms with Gasteiger partial charge in [-0.2, -0.15) is 0 Å². The Bertz CT molecular complexity index is 3210. The molecular weight excluding hydrogens is 735 g/mol. The average molecular weight is 770 g/mol. The zero-order valence-corrected chi connectivity index (χ0v) is 32.8. The standard InChI is InChI=1S/C55H35N3S/c1-3-13-37(14-4-1)45-17-7-9-20-49(45)54-56-53(57-55(58-54)50-21-10-8-18-46(50)38-15-5-2-6-16-38)39-25-23-36(24-26-39)40-27-28-42-34-43(30-29-41(42)33-40)44-31-32-48-47-19-11-12-22-51(47)59-52(48)35-44/h1-35H. The minimum Gasteiger partial charge on any atom is -0.208 e. The molecule has 0 aliphatic heterocycles. The summed E-state index contributed by atoms with van der Waals surface area (Å²) >= 11 is 1.86. The molecule has 0 atom stereocenters. The van der Waals surface area contributed by atoms with Crippen molar-refractivity contribution in [1.82, 2.24) is 15.0 Å². The summed E-state index contributed by atoms with van der Waals surface area (Å²) < 4.78 is 2.65. The van der Waals surface area contributed by atoms with E-state index in [-0.39, 0.29) is 0 Å². The molecule has 9 aromatic carbocycles. The first-order valence-electron chi connectivity index (χ1n) is 19.8. The minimum absolute atomic E-state index is 0.627. The van der Waals surface area contributed by atoms with Crippen LogP contribution in [-0.2, 0) is 0 Å². The van der Waals surface area contributed by atoms with E-state index < -0.39 is 0 Å². The van der Waals surface area contributed by atoms with E-state index >= 15 is 0 Å². The third kappa shape index (κ3) is 6.56. The first-order valence-corrected chi connectivity index (χ1v) is 20.7. The van der Waals surface area contributed by atoms with E-state index in [0.717, 1.165) is 50.1 Å². The van der Waals surface area contributed by atoms with Gasteiger partial charge in [0.15, 0.2) is 17.5 Å². The normalized spacial score (nSPS) is 11.4. The van der Waals surface area contributed by atoms with Gasteiger partial charge in [0, 0.05) is 36.9 Å². The van der Waals surface area contributed by atoms with Crippen LogP contribution in [0.25, 0.3) is 110 Å². The summed E-state index contributed by atoms with van der Waals surface area (Å²) in [4.78, 5) is 15.5. The van der Waals surface area contributed by atoms with E-state index in [4.69, 9.17) is 15.0 Å². The molecule has 2 heterocycles. The van der Waals surface area contributed by atoms with Crippen LogP contribution in [-0.4, -0.2) is 15.0 Å². The van der Waals surface area contributed by atoms with Crippen molar-refractivity contribution in [3.63, 3.8) is 0 Å².